The molecule has 2 aromatic carbocycles. The molecular weight excluding hydrogens is 336 g/mol. The van der Waals surface area contributed by atoms with Gasteiger partial charge in [0.15, 0.2) is 0 Å². The van der Waals surface area contributed by atoms with Crippen LogP contribution in [-0.2, 0) is 20.9 Å². The Morgan fingerprint density at radius 3 is 2.62 bits per heavy atom. The molecule has 0 radical (unpaired) electrons. The zero-order valence-corrected chi connectivity index (χ0v) is 14.2. The standard InChI is InChI=1S/C19H18N2O5/c1-25-16-4-2-3-13(11-16)12-26-19(24)14-5-7-15(8-6-14)21-18(23)10-9-17(22)20-21/h2-8,11H,9-10,12H2,1H3,(H,20,22). The van der Waals surface area contributed by atoms with Crippen molar-refractivity contribution < 1.29 is 23.9 Å². The summed E-state index contributed by atoms with van der Waals surface area (Å²) in [6, 6.07) is 13.5. The minimum Gasteiger partial charge on any atom is -0.497 e. The van der Waals surface area contributed by atoms with E-state index in [2.05, 4.69) is 5.43 Å². The van der Waals surface area contributed by atoms with Gasteiger partial charge in [-0.25, -0.2) is 9.80 Å². The van der Waals surface area contributed by atoms with E-state index in [4.69, 9.17) is 9.47 Å². The number of carbonyl (C=O) groups is 3. The van der Waals surface area contributed by atoms with Crippen molar-refractivity contribution in [2.24, 2.45) is 0 Å². The van der Waals surface area contributed by atoms with Gasteiger partial charge >= 0.3 is 5.97 Å². The summed E-state index contributed by atoms with van der Waals surface area (Å²) in [4.78, 5) is 35.5. The van der Waals surface area contributed by atoms with Gasteiger partial charge in [0, 0.05) is 12.8 Å². The van der Waals surface area contributed by atoms with E-state index < -0.39 is 5.97 Å². The summed E-state index contributed by atoms with van der Waals surface area (Å²) >= 11 is 0. The maximum Gasteiger partial charge on any atom is 0.338 e. The monoisotopic (exact) mass is 354 g/mol. The van der Waals surface area contributed by atoms with Crippen LogP contribution in [0.4, 0.5) is 5.69 Å². The lowest BCUT2D eigenvalue weighted by Crippen LogP contribution is -2.50. The zero-order chi connectivity index (χ0) is 18.5. The van der Waals surface area contributed by atoms with Gasteiger partial charge in [0.25, 0.3) is 0 Å². The highest BCUT2D eigenvalue weighted by Crippen LogP contribution is 2.19. The Hall–Kier alpha value is -3.35. The van der Waals surface area contributed by atoms with Gasteiger partial charge < -0.3 is 9.47 Å². The quantitative estimate of drug-likeness (QED) is 0.832. The van der Waals surface area contributed by atoms with Crippen LogP contribution in [0, 0.1) is 0 Å². The number of esters is 1. The summed E-state index contributed by atoms with van der Waals surface area (Å²) in [5, 5.41) is 1.19. The van der Waals surface area contributed by atoms with E-state index in [0.717, 1.165) is 5.56 Å². The third-order valence-corrected chi connectivity index (χ3v) is 3.92. The molecule has 2 aromatic rings. The van der Waals surface area contributed by atoms with Gasteiger partial charge in [0.2, 0.25) is 11.8 Å². The number of hydrogen-bond acceptors (Lipinski definition) is 5. The molecule has 1 saturated heterocycles. The van der Waals surface area contributed by atoms with Gasteiger partial charge in [0.05, 0.1) is 18.4 Å². The normalized spacial score (nSPS) is 14.0. The molecule has 0 unspecified atom stereocenters. The van der Waals surface area contributed by atoms with Crippen molar-refractivity contribution in [3.8, 4) is 5.75 Å². The summed E-state index contributed by atoms with van der Waals surface area (Å²) in [6.07, 6.45) is 0.347. The molecule has 0 atom stereocenters. The maximum atomic E-state index is 12.2. The van der Waals surface area contributed by atoms with Crippen LogP contribution in [0.25, 0.3) is 0 Å². The highest BCUT2D eigenvalue weighted by atomic mass is 16.5. The average Bonchev–Trinajstić information content (AvgIpc) is 2.68. The zero-order valence-electron chi connectivity index (χ0n) is 14.2. The van der Waals surface area contributed by atoms with Crippen molar-refractivity contribution in [2.45, 2.75) is 19.4 Å². The van der Waals surface area contributed by atoms with E-state index in [1.54, 1.807) is 37.4 Å². The first-order valence-electron chi connectivity index (χ1n) is 8.09. The van der Waals surface area contributed by atoms with Crippen molar-refractivity contribution in [3.63, 3.8) is 0 Å². The Bertz CT molecular complexity index is 832. The first kappa shape index (κ1) is 17.5. The molecule has 1 aliphatic rings. The molecule has 1 N–H and O–H groups in total. The first-order chi connectivity index (χ1) is 12.6. The smallest absolute Gasteiger partial charge is 0.338 e. The van der Waals surface area contributed by atoms with E-state index in [1.807, 2.05) is 18.2 Å². The number of methoxy groups -OCH3 is 1. The van der Waals surface area contributed by atoms with Crippen molar-refractivity contribution in [2.75, 3.05) is 12.1 Å². The summed E-state index contributed by atoms with van der Waals surface area (Å²) in [5.41, 5.74) is 4.17. The number of benzene rings is 2. The molecule has 1 heterocycles. The van der Waals surface area contributed by atoms with E-state index in [-0.39, 0.29) is 31.3 Å². The molecule has 1 aliphatic heterocycles. The van der Waals surface area contributed by atoms with Gasteiger partial charge in [-0.3, -0.25) is 15.0 Å². The molecular formula is C19H18N2O5. The fourth-order valence-electron chi connectivity index (χ4n) is 2.52. The lowest BCUT2D eigenvalue weighted by Gasteiger charge is -2.27. The number of nitrogens with zero attached hydrogens (tertiary/aromatic N) is 1. The maximum absolute atomic E-state index is 12.2. The van der Waals surface area contributed by atoms with Gasteiger partial charge in [-0.2, -0.15) is 0 Å². The predicted molar refractivity (Wildman–Crippen MR) is 93.4 cm³/mol. The van der Waals surface area contributed by atoms with E-state index in [9.17, 15) is 14.4 Å². The molecule has 0 aromatic heterocycles. The molecule has 0 saturated carbocycles. The Morgan fingerprint density at radius 1 is 1.12 bits per heavy atom. The topological polar surface area (TPSA) is 84.9 Å². The van der Waals surface area contributed by atoms with Gasteiger partial charge in [-0.15, -0.1) is 0 Å². The lowest BCUT2D eigenvalue weighted by atomic mass is 10.1. The predicted octanol–water partition coefficient (Wildman–Crippen LogP) is 2.21. The third-order valence-electron chi connectivity index (χ3n) is 3.92. The van der Waals surface area contributed by atoms with Crippen molar-refractivity contribution >= 4 is 23.5 Å². The molecule has 7 nitrogen and oxygen atoms in total. The Kier molecular flexibility index (Phi) is 5.17. The number of hydrazine groups is 1. The number of anilines is 1. The number of hydrogen-bond donors (Lipinski definition) is 1. The highest BCUT2D eigenvalue weighted by molar-refractivity contribution is 6.01. The van der Waals surface area contributed by atoms with Crippen molar-refractivity contribution in [1.82, 2.24) is 5.43 Å². The summed E-state index contributed by atoms with van der Waals surface area (Å²) in [5.74, 6) is -0.200. The van der Waals surface area contributed by atoms with Crippen LogP contribution >= 0.6 is 0 Å². The number of amides is 2. The van der Waals surface area contributed by atoms with Gasteiger partial charge in [-0.05, 0) is 42.0 Å². The van der Waals surface area contributed by atoms with Crippen LogP contribution in [0.15, 0.2) is 48.5 Å². The molecule has 0 aliphatic carbocycles. The third kappa shape index (κ3) is 4.00. The first-order valence-corrected chi connectivity index (χ1v) is 8.09. The Balaban J connectivity index is 1.63. The summed E-state index contributed by atoms with van der Waals surface area (Å²) in [7, 11) is 1.57. The molecule has 1 fully saturated rings. The van der Waals surface area contributed by atoms with Crippen LogP contribution in [0.5, 0.6) is 5.75 Å². The van der Waals surface area contributed by atoms with E-state index in [1.165, 1.54) is 5.01 Å². The summed E-state index contributed by atoms with van der Waals surface area (Å²) in [6.45, 7) is 0.123. The lowest BCUT2D eigenvalue weighted by molar-refractivity contribution is -0.130. The molecule has 3 rings (SSSR count). The van der Waals surface area contributed by atoms with Gasteiger partial charge in [-0.1, -0.05) is 12.1 Å². The second-order valence-electron chi connectivity index (χ2n) is 5.74. The van der Waals surface area contributed by atoms with Crippen LogP contribution in [0.3, 0.4) is 0 Å². The molecule has 0 bridgehead atoms. The Labute approximate surface area is 150 Å². The van der Waals surface area contributed by atoms with Crippen LogP contribution < -0.4 is 15.2 Å². The molecule has 134 valence electrons. The van der Waals surface area contributed by atoms with Crippen LogP contribution in [0.1, 0.15) is 28.8 Å². The average molecular weight is 354 g/mol. The minimum absolute atomic E-state index is 0.123. The van der Waals surface area contributed by atoms with E-state index >= 15 is 0 Å². The van der Waals surface area contributed by atoms with Crippen LogP contribution in [0.2, 0.25) is 0 Å². The van der Waals surface area contributed by atoms with Gasteiger partial charge in [0.1, 0.15) is 12.4 Å². The number of nitrogens with one attached hydrogen (secondary N) is 1. The SMILES string of the molecule is COc1cccc(COC(=O)c2ccc(N3NC(=O)CCC3=O)cc2)c1. The number of ether oxygens (including phenoxy) is 2. The largest absolute Gasteiger partial charge is 0.497 e. The molecule has 26 heavy (non-hydrogen) atoms. The fourth-order valence-corrected chi connectivity index (χ4v) is 2.52. The van der Waals surface area contributed by atoms with Crippen molar-refractivity contribution in [1.29, 1.82) is 0 Å². The number of carbonyl (C=O) groups excluding carboxylic acids is 3. The molecule has 2 amide bonds. The second-order valence-corrected chi connectivity index (χ2v) is 5.74. The Morgan fingerprint density at radius 2 is 1.88 bits per heavy atom. The van der Waals surface area contributed by atoms with E-state index in [0.29, 0.717) is 17.0 Å². The summed E-state index contributed by atoms with van der Waals surface area (Å²) < 4.78 is 10.4. The minimum atomic E-state index is -0.478. The van der Waals surface area contributed by atoms with Crippen molar-refractivity contribution in [3.05, 3.63) is 59.7 Å². The second kappa shape index (κ2) is 7.69. The number of rotatable bonds is 5. The molecule has 7 heteroatoms. The molecule has 0 spiro atoms. The highest BCUT2D eigenvalue weighted by Gasteiger charge is 2.24. The fraction of sp³-hybridized carbons (Fsp3) is 0.211. The van der Waals surface area contributed by atoms with Crippen LogP contribution in [-0.4, -0.2) is 24.9 Å².